The van der Waals surface area contributed by atoms with Crippen molar-refractivity contribution in [1.82, 2.24) is 0 Å². The summed E-state index contributed by atoms with van der Waals surface area (Å²) in [5.74, 6) is 1.80. The first-order valence-corrected chi connectivity index (χ1v) is 13.3. The minimum atomic E-state index is -3.47. The van der Waals surface area contributed by atoms with Gasteiger partial charge in [-0.05, 0) is 64.3 Å². The van der Waals surface area contributed by atoms with Crippen molar-refractivity contribution >= 4 is 33.0 Å². The van der Waals surface area contributed by atoms with Crippen LogP contribution in [0.3, 0.4) is 0 Å². The number of hydrogen-bond acceptors (Lipinski definition) is 5. The zero-order valence-corrected chi connectivity index (χ0v) is 21.4. The second-order valence-electron chi connectivity index (χ2n) is 9.95. The molecule has 8 heteroatoms. The molecule has 2 aromatic rings. The number of alkyl halides is 1. The topological polar surface area (TPSA) is 77.0 Å². The molecule has 0 radical (unpaired) electrons. The molecule has 2 aliphatic heterocycles. The molecule has 33 heavy (non-hydrogen) atoms. The fourth-order valence-corrected chi connectivity index (χ4v) is 6.04. The number of hydrogen-bond donors (Lipinski definition) is 1. The van der Waals surface area contributed by atoms with Crippen LogP contribution in [-0.2, 0) is 22.9 Å². The average molecular weight is 491 g/mol. The van der Waals surface area contributed by atoms with E-state index in [2.05, 4.69) is 38.5 Å². The molecule has 0 atom stereocenters. The highest BCUT2D eigenvalue weighted by Crippen LogP contribution is 2.47. The highest BCUT2D eigenvalue weighted by atomic mass is 35.5. The molecule has 0 amide bonds. The first kappa shape index (κ1) is 23.9. The van der Waals surface area contributed by atoms with Gasteiger partial charge in [-0.1, -0.05) is 12.1 Å². The van der Waals surface area contributed by atoms with Crippen LogP contribution in [0.1, 0.15) is 56.4 Å². The summed E-state index contributed by atoms with van der Waals surface area (Å²) in [5.41, 5.74) is 4.89. The molecule has 0 fully saturated rings. The van der Waals surface area contributed by atoms with E-state index in [-0.39, 0.29) is 16.9 Å². The van der Waals surface area contributed by atoms with E-state index < -0.39 is 10.0 Å². The number of sulfonamides is 1. The fraction of sp³-hybridized carbons (Fsp3) is 0.480. The SMILES string of the molecule is COc1cc2c(c3c1OC(C)(C)C3)C(c1cccc(NS(=O)(=O)CCCCl)c1)=NC(C)(C)C2. The second kappa shape index (κ2) is 8.51. The number of ether oxygens (including phenoxy) is 2. The zero-order valence-electron chi connectivity index (χ0n) is 19.8. The molecular formula is C25H31ClN2O4S. The van der Waals surface area contributed by atoms with Gasteiger partial charge in [0.1, 0.15) is 5.60 Å². The largest absolute Gasteiger partial charge is 0.493 e. The van der Waals surface area contributed by atoms with Gasteiger partial charge in [-0.15, -0.1) is 11.6 Å². The van der Waals surface area contributed by atoms with Crippen molar-refractivity contribution in [3.05, 3.63) is 52.6 Å². The summed E-state index contributed by atoms with van der Waals surface area (Å²) >= 11 is 5.67. The van der Waals surface area contributed by atoms with Crippen molar-refractivity contribution in [3.63, 3.8) is 0 Å². The minimum absolute atomic E-state index is 0.0166. The summed E-state index contributed by atoms with van der Waals surface area (Å²) in [7, 11) is -1.81. The number of rotatable bonds is 7. The van der Waals surface area contributed by atoms with Crippen LogP contribution >= 0.6 is 11.6 Å². The van der Waals surface area contributed by atoms with Crippen LogP contribution in [-0.4, -0.2) is 44.0 Å². The van der Waals surface area contributed by atoms with Gasteiger partial charge in [-0.2, -0.15) is 0 Å². The van der Waals surface area contributed by atoms with Gasteiger partial charge in [0.2, 0.25) is 10.0 Å². The van der Waals surface area contributed by atoms with Crippen molar-refractivity contribution in [1.29, 1.82) is 0 Å². The summed E-state index contributed by atoms with van der Waals surface area (Å²) < 4.78 is 39.4. The quantitative estimate of drug-likeness (QED) is 0.557. The molecule has 4 rings (SSSR count). The molecule has 0 spiro atoms. The number of aliphatic imine (C=N–C) groups is 1. The minimum Gasteiger partial charge on any atom is -0.493 e. The molecule has 0 aliphatic carbocycles. The molecule has 0 saturated carbocycles. The van der Waals surface area contributed by atoms with E-state index in [1.807, 2.05) is 18.2 Å². The number of fused-ring (bicyclic) bond motifs is 3. The first-order valence-electron chi connectivity index (χ1n) is 11.1. The Labute approximate surface area is 201 Å². The van der Waals surface area contributed by atoms with Gasteiger partial charge in [0, 0.05) is 34.7 Å². The molecule has 2 aromatic carbocycles. The van der Waals surface area contributed by atoms with E-state index in [4.69, 9.17) is 26.1 Å². The van der Waals surface area contributed by atoms with Crippen LogP contribution in [0, 0.1) is 0 Å². The first-order chi connectivity index (χ1) is 15.4. The molecule has 0 unspecified atom stereocenters. The summed E-state index contributed by atoms with van der Waals surface area (Å²) in [6, 6.07) is 9.48. The maximum atomic E-state index is 12.4. The third-order valence-corrected chi connectivity index (χ3v) is 7.50. The third kappa shape index (κ3) is 4.99. The Morgan fingerprint density at radius 2 is 1.94 bits per heavy atom. The lowest BCUT2D eigenvalue weighted by Gasteiger charge is -2.31. The Morgan fingerprint density at radius 3 is 2.64 bits per heavy atom. The molecule has 0 saturated heterocycles. The second-order valence-corrected chi connectivity index (χ2v) is 12.2. The van der Waals surface area contributed by atoms with E-state index in [1.165, 1.54) is 0 Å². The normalized spacial score (nSPS) is 18.1. The van der Waals surface area contributed by atoms with Crippen molar-refractivity contribution in [2.75, 3.05) is 23.5 Å². The third-order valence-electron chi connectivity index (χ3n) is 5.86. The maximum absolute atomic E-state index is 12.4. The Balaban J connectivity index is 1.82. The van der Waals surface area contributed by atoms with Gasteiger partial charge in [-0.25, -0.2) is 8.42 Å². The highest BCUT2D eigenvalue weighted by molar-refractivity contribution is 7.92. The Bertz CT molecular complexity index is 1220. The fourth-order valence-electron chi connectivity index (χ4n) is 4.63. The van der Waals surface area contributed by atoms with E-state index in [0.717, 1.165) is 52.3 Å². The standard InChI is InChI=1S/C25H31ClN2O4S/c1-24(2)14-17-13-20(31-5)23-19(15-25(3,4)32-23)21(17)22(27-24)16-8-6-9-18(12-16)28-33(29,30)11-7-10-26/h6,8-9,12-13,28H,7,10-11,14-15H2,1-5H3. The number of anilines is 1. The molecule has 178 valence electrons. The molecule has 2 aliphatic rings. The lowest BCUT2D eigenvalue weighted by molar-refractivity contribution is 0.134. The number of nitrogens with one attached hydrogen (secondary N) is 1. The van der Waals surface area contributed by atoms with E-state index in [1.54, 1.807) is 13.2 Å². The Kier molecular flexibility index (Phi) is 6.16. The highest BCUT2D eigenvalue weighted by Gasteiger charge is 2.39. The lowest BCUT2D eigenvalue weighted by atomic mass is 9.81. The molecule has 1 N–H and O–H groups in total. The lowest BCUT2D eigenvalue weighted by Crippen LogP contribution is -2.30. The summed E-state index contributed by atoms with van der Waals surface area (Å²) in [6.07, 6.45) is 1.92. The molecule has 2 heterocycles. The van der Waals surface area contributed by atoms with Crippen molar-refractivity contribution < 1.29 is 17.9 Å². The van der Waals surface area contributed by atoms with Gasteiger partial charge in [0.25, 0.3) is 0 Å². The van der Waals surface area contributed by atoms with Crippen LogP contribution in [0.5, 0.6) is 11.5 Å². The van der Waals surface area contributed by atoms with E-state index in [9.17, 15) is 8.42 Å². The zero-order chi connectivity index (χ0) is 24.0. The molecule has 0 aromatic heterocycles. The maximum Gasteiger partial charge on any atom is 0.232 e. The molecular weight excluding hydrogens is 460 g/mol. The number of nitrogens with zero attached hydrogens (tertiary/aromatic N) is 1. The summed E-state index contributed by atoms with van der Waals surface area (Å²) in [4.78, 5) is 5.12. The monoisotopic (exact) mass is 490 g/mol. The van der Waals surface area contributed by atoms with Gasteiger partial charge < -0.3 is 9.47 Å². The van der Waals surface area contributed by atoms with Gasteiger partial charge in [0.05, 0.1) is 24.1 Å². The Morgan fingerprint density at radius 1 is 1.18 bits per heavy atom. The van der Waals surface area contributed by atoms with Crippen molar-refractivity contribution in [2.24, 2.45) is 4.99 Å². The smallest absolute Gasteiger partial charge is 0.232 e. The van der Waals surface area contributed by atoms with Crippen LogP contribution in [0.15, 0.2) is 35.3 Å². The average Bonchev–Trinajstić information content (AvgIpc) is 3.05. The van der Waals surface area contributed by atoms with Crippen molar-refractivity contribution in [2.45, 2.75) is 58.1 Å². The Hall–Kier alpha value is -2.25. The number of benzene rings is 2. The van der Waals surface area contributed by atoms with Crippen LogP contribution in [0.2, 0.25) is 0 Å². The number of methoxy groups -OCH3 is 1. The molecule has 0 bridgehead atoms. The predicted molar refractivity (Wildman–Crippen MR) is 134 cm³/mol. The summed E-state index contributed by atoms with van der Waals surface area (Å²) in [6.45, 7) is 8.35. The van der Waals surface area contributed by atoms with Crippen LogP contribution in [0.25, 0.3) is 0 Å². The predicted octanol–water partition coefficient (Wildman–Crippen LogP) is 4.95. The molecule has 6 nitrogen and oxygen atoms in total. The number of halogens is 1. The summed E-state index contributed by atoms with van der Waals surface area (Å²) in [5, 5.41) is 0. The van der Waals surface area contributed by atoms with Gasteiger partial charge >= 0.3 is 0 Å². The van der Waals surface area contributed by atoms with E-state index in [0.29, 0.717) is 18.0 Å². The van der Waals surface area contributed by atoms with Crippen LogP contribution < -0.4 is 14.2 Å². The van der Waals surface area contributed by atoms with E-state index >= 15 is 0 Å². The van der Waals surface area contributed by atoms with Gasteiger partial charge in [-0.3, -0.25) is 9.71 Å². The van der Waals surface area contributed by atoms with Crippen LogP contribution in [0.4, 0.5) is 5.69 Å². The van der Waals surface area contributed by atoms with Crippen molar-refractivity contribution in [3.8, 4) is 11.5 Å². The van der Waals surface area contributed by atoms with Gasteiger partial charge in [0.15, 0.2) is 11.5 Å².